The first-order valence-corrected chi connectivity index (χ1v) is 6.09. The lowest BCUT2D eigenvalue weighted by Gasteiger charge is -2.30. The van der Waals surface area contributed by atoms with Crippen LogP contribution in [0.3, 0.4) is 0 Å². The smallest absolute Gasteiger partial charge is 0.203 e. The van der Waals surface area contributed by atoms with Gasteiger partial charge in [0.1, 0.15) is 0 Å². The van der Waals surface area contributed by atoms with E-state index < -0.39 is 11.5 Å². The molecule has 1 aromatic carbocycles. The number of hydrogen-bond donors (Lipinski definition) is 2. The van der Waals surface area contributed by atoms with Gasteiger partial charge >= 0.3 is 0 Å². The monoisotopic (exact) mass is 269 g/mol. The van der Waals surface area contributed by atoms with Gasteiger partial charge in [-0.05, 0) is 17.7 Å². The molecular formula is C14H23NO4. The quantitative estimate of drug-likeness (QED) is 0.822. The summed E-state index contributed by atoms with van der Waals surface area (Å²) in [5.74, 6) is 1.54. The zero-order valence-electron chi connectivity index (χ0n) is 12.2. The van der Waals surface area contributed by atoms with Gasteiger partial charge in [0, 0.05) is 12.0 Å². The lowest BCUT2D eigenvalue weighted by molar-refractivity contribution is 0.0551. The molecule has 5 heteroatoms. The standard InChI is InChI=1S/C14H23NO4/c1-14(2,8-15)13(16)9-6-10(17-3)12(19-5)11(7-9)18-4/h6-7,13,16H,8,15H2,1-5H3. The summed E-state index contributed by atoms with van der Waals surface area (Å²) < 4.78 is 15.8. The molecule has 0 amide bonds. The molecule has 0 bridgehead atoms. The van der Waals surface area contributed by atoms with Gasteiger partial charge in [0.15, 0.2) is 11.5 Å². The molecule has 1 unspecified atom stereocenters. The highest BCUT2D eigenvalue weighted by atomic mass is 16.5. The topological polar surface area (TPSA) is 73.9 Å². The zero-order chi connectivity index (χ0) is 14.6. The molecule has 19 heavy (non-hydrogen) atoms. The summed E-state index contributed by atoms with van der Waals surface area (Å²) in [4.78, 5) is 0. The van der Waals surface area contributed by atoms with Gasteiger partial charge in [-0.15, -0.1) is 0 Å². The molecule has 0 heterocycles. The third-order valence-corrected chi connectivity index (χ3v) is 3.27. The van der Waals surface area contributed by atoms with E-state index in [2.05, 4.69) is 0 Å². The second-order valence-corrected chi connectivity index (χ2v) is 5.05. The Hall–Kier alpha value is -1.46. The number of aliphatic hydroxyl groups excluding tert-OH is 1. The van der Waals surface area contributed by atoms with Crippen LogP contribution in [0.5, 0.6) is 17.2 Å². The second kappa shape index (κ2) is 6.12. The Morgan fingerprint density at radius 3 is 1.89 bits per heavy atom. The predicted octanol–water partition coefficient (Wildman–Crippen LogP) is 1.73. The summed E-state index contributed by atoms with van der Waals surface area (Å²) >= 11 is 0. The zero-order valence-corrected chi connectivity index (χ0v) is 12.2. The number of hydrogen-bond acceptors (Lipinski definition) is 5. The van der Waals surface area contributed by atoms with Crippen LogP contribution in [-0.2, 0) is 0 Å². The Morgan fingerprint density at radius 2 is 1.58 bits per heavy atom. The van der Waals surface area contributed by atoms with Crippen molar-refractivity contribution in [1.82, 2.24) is 0 Å². The largest absolute Gasteiger partial charge is 0.493 e. The summed E-state index contributed by atoms with van der Waals surface area (Å²) in [5.41, 5.74) is 5.94. The van der Waals surface area contributed by atoms with Crippen LogP contribution in [0.4, 0.5) is 0 Å². The maximum absolute atomic E-state index is 10.4. The Bertz CT molecular complexity index is 406. The number of rotatable bonds is 6. The van der Waals surface area contributed by atoms with E-state index >= 15 is 0 Å². The van der Waals surface area contributed by atoms with Crippen molar-refractivity contribution in [3.63, 3.8) is 0 Å². The highest BCUT2D eigenvalue weighted by Gasteiger charge is 2.29. The van der Waals surface area contributed by atoms with Crippen LogP contribution in [0.1, 0.15) is 25.5 Å². The van der Waals surface area contributed by atoms with E-state index in [1.807, 2.05) is 13.8 Å². The van der Waals surface area contributed by atoms with E-state index in [-0.39, 0.29) is 0 Å². The molecule has 1 aromatic rings. The molecule has 0 saturated carbocycles. The summed E-state index contributed by atoms with van der Waals surface area (Å²) in [6.07, 6.45) is -0.716. The van der Waals surface area contributed by atoms with Gasteiger partial charge in [-0.3, -0.25) is 0 Å². The molecule has 0 saturated heterocycles. The Morgan fingerprint density at radius 1 is 1.11 bits per heavy atom. The van der Waals surface area contributed by atoms with Gasteiger partial charge in [-0.2, -0.15) is 0 Å². The Labute approximate surface area is 114 Å². The van der Waals surface area contributed by atoms with E-state index in [1.54, 1.807) is 33.5 Å². The molecule has 3 N–H and O–H groups in total. The van der Waals surface area contributed by atoms with E-state index in [0.717, 1.165) is 0 Å². The van der Waals surface area contributed by atoms with Crippen LogP contribution >= 0.6 is 0 Å². The van der Waals surface area contributed by atoms with Crippen LogP contribution in [0, 0.1) is 5.41 Å². The molecule has 5 nitrogen and oxygen atoms in total. The predicted molar refractivity (Wildman–Crippen MR) is 73.9 cm³/mol. The fourth-order valence-corrected chi connectivity index (χ4v) is 1.82. The summed E-state index contributed by atoms with van der Waals surface area (Å²) in [6.45, 7) is 4.17. The molecule has 0 aliphatic heterocycles. The first kappa shape index (κ1) is 15.6. The van der Waals surface area contributed by atoms with Crippen molar-refractivity contribution in [2.24, 2.45) is 11.1 Å². The molecule has 1 rings (SSSR count). The lowest BCUT2D eigenvalue weighted by atomic mass is 9.82. The van der Waals surface area contributed by atoms with E-state index in [0.29, 0.717) is 29.4 Å². The average molecular weight is 269 g/mol. The van der Waals surface area contributed by atoms with Gasteiger partial charge in [0.25, 0.3) is 0 Å². The minimum Gasteiger partial charge on any atom is -0.493 e. The van der Waals surface area contributed by atoms with Crippen LogP contribution in [0.15, 0.2) is 12.1 Å². The number of benzene rings is 1. The van der Waals surface area contributed by atoms with Gasteiger partial charge < -0.3 is 25.1 Å². The van der Waals surface area contributed by atoms with Gasteiger partial charge in [-0.1, -0.05) is 13.8 Å². The van der Waals surface area contributed by atoms with Crippen LogP contribution in [0.25, 0.3) is 0 Å². The van der Waals surface area contributed by atoms with Crippen molar-refractivity contribution in [3.05, 3.63) is 17.7 Å². The summed E-state index contributed by atoms with van der Waals surface area (Å²) in [6, 6.07) is 3.48. The maximum atomic E-state index is 10.4. The molecule has 108 valence electrons. The second-order valence-electron chi connectivity index (χ2n) is 5.05. The van der Waals surface area contributed by atoms with Crippen LogP contribution < -0.4 is 19.9 Å². The summed E-state index contributed by atoms with van der Waals surface area (Å²) in [5, 5.41) is 10.4. The summed E-state index contributed by atoms with van der Waals surface area (Å²) in [7, 11) is 4.63. The molecule has 0 aliphatic carbocycles. The first-order chi connectivity index (χ1) is 8.91. The van der Waals surface area contributed by atoms with E-state index in [1.165, 1.54) is 0 Å². The minimum absolute atomic E-state index is 0.366. The molecule has 0 aliphatic rings. The third-order valence-electron chi connectivity index (χ3n) is 3.27. The lowest BCUT2D eigenvalue weighted by Crippen LogP contribution is -2.30. The van der Waals surface area contributed by atoms with Crippen molar-refractivity contribution in [2.75, 3.05) is 27.9 Å². The van der Waals surface area contributed by atoms with Crippen molar-refractivity contribution in [1.29, 1.82) is 0 Å². The Balaban J connectivity index is 3.30. The van der Waals surface area contributed by atoms with Gasteiger partial charge in [0.2, 0.25) is 5.75 Å². The maximum Gasteiger partial charge on any atom is 0.203 e. The molecule has 0 spiro atoms. The molecule has 0 fully saturated rings. The van der Waals surface area contributed by atoms with Crippen LogP contribution in [-0.4, -0.2) is 33.0 Å². The fraction of sp³-hybridized carbons (Fsp3) is 0.571. The van der Waals surface area contributed by atoms with Crippen molar-refractivity contribution < 1.29 is 19.3 Å². The number of nitrogens with two attached hydrogens (primary N) is 1. The number of methoxy groups -OCH3 is 3. The minimum atomic E-state index is -0.716. The van der Waals surface area contributed by atoms with E-state index in [4.69, 9.17) is 19.9 Å². The highest BCUT2D eigenvalue weighted by Crippen LogP contribution is 2.42. The number of ether oxygens (including phenoxy) is 3. The normalized spacial score (nSPS) is 13.0. The molecule has 0 radical (unpaired) electrons. The highest BCUT2D eigenvalue weighted by molar-refractivity contribution is 5.54. The van der Waals surface area contributed by atoms with Gasteiger partial charge in [0.05, 0.1) is 27.4 Å². The fourth-order valence-electron chi connectivity index (χ4n) is 1.82. The van der Waals surface area contributed by atoms with Crippen molar-refractivity contribution >= 4 is 0 Å². The molecule has 1 atom stereocenters. The average Bonchev–Trinajstić information content (AvgIpc) is 2.44. The van der Waals surface area contributed by atoms with Crippen LogP contribution in [0.2, 0.25) is 0 Å². The number of aliphatic hydroxyl groups is 1. The van der Waals surface area contributed by atoms with E-state index in [9.17, 15) is 5.11 Å². The van der Waals surface area contributed by atoms with Crippen molar-refractivity contribution in [3.8, 4) is 17.2 Å². The molecular weight excluding hydrogens is 246 g/mol. The SMILES string of the molecule is COc1cc(C(O)C(C)(C)CN)cc(OC)c1OC. The van der Waals surface area contributed by atoms with Gasteiger partial charge in [-0.25, -0.2) is 0 Å². The first-order valence-electron chi connectivity index (χ1n) is 6.09. The molecule has 0 aromatic heterocycles. The van der Waals surface area contributed by atoms with Crippen molar-refractivity contribution in [2.45, 2.75) is 20.0 Å². The third kappa shape index (κ3) is 3.11. The Kier molecular flexibility index (Phi) is 5.03.